The van der Waals surface area contributed by atoms with Crippen molar-refractivity contribution in [2.24, 2.45) is 5.92 Å². The molecule has 1 saturated carbocycles. The van der Waals surface area contributed by atoms with Crippen LogP contribution in [0.1, 0.15) is 64.7 Å². The number of carbonyl (C=O) groups is 1. The van der Waals surface area contributed by atoms with E-state index in [0.717, 1.165) is 24.2 Å². The van der Waals surface area contributed by atoms with Gasteiger partial charge in [0.15, 0.2) is 5.78 Å². The molecule has 0 amide bonds. The standard InChI is InChI=1S/C18H27NO2/c1-18(12-6-4-3-5-7-12)11-15(20)17-14-9-8-13(19(14)2)10-16(17)21-18/h12-14H,3-11H2,1-2H3/t13-,14?,18+/m1/s1. The summed E-state index contributed by atoms with van der Waals surface area (Å²) in [5.74, 6) is 2.01. The van der Waals surface area contributed by atoms with Crippen LogP contribution in [0.5, 0.6) is 0 Å². The summed E-state index contributed by atoms with van der Waals surface area (Å²) in [4.78, 5) is 15.3. The predicted octanol–water partition coefficient (Wildman–Crippen LogP) is 3.44. The zero-order valence-electron chi connectivity index (χ0n) is 13.4. The molecule has 0 aromatic rings. The first-order valence-corrected chi connectivity index (χ1v) is 8.76. The normalized spacial score (nSPS) is 41.1. The van der Waals surface area contributed by atoms with E-state index in [1.165, 1.54) is 38.5 Å². The van der Waals surface area contributed by atoms with Gasteiger partial charge in [0.25, 0.3) is 0 Å². The fourth-order valence-corrected chi connectivity index (χ4v) is 5.23. The Kier molecular flexibility index (Phi) is 3.18. The summed E-state index contributed by atoms with van der Waals surface area (Å²) in [6.07, 6.45) is 10.3. The molecule has 4 aliphatic rings. The minimum absolute atomic E-state index is 0.230. The van der Waals surface area contributed by atoms with Gasteiger partial charge in [-0.15, -0.1) is 0 Å². The molecule has 3 aliphatic heterocycles. The second-order valence-corrected chi connectivity index (χ2v) is 7.80. The van der Waals surface area contributed by atoms with Gasteiger partial charge in [-0.3, -0.25) is 9.69 Å². The van der Waals surface area contributed by atoms with E-state index in [9.17, 15) is 4.79 Å². The molecule has 0 aromatic heterocycles. The number of fused-ring (bicyclic) bond motifs is 3. The molecule has 116 valence electrons. The average Bonchev–Trinajstić information content (AvgIpc) is 2.72. The van der Waals surface area contributed by atoms with Crippen LogP contribution in [0.25, 0.3) is 0 Å². The molecular weight excluding hydrogens is 262 g/mol. The van der Waals surface area contributed by atoms with Gasteiger partial charge in [0.1, 0.15) is 11.4 Å². The van der Waals surface area contributed by atoms with E-state index < -0.39 is 0 Å². The van der Waals surface area contributed by atoms with Crippen LogP contribution in [0.15, 0.2) is 11.3 Å². The lowest BCUT2D eigenvalue weighted by molar-refractivity contribution is -0.132. The lowest BCUT2D eigenvalue weighted by atomic mass is 9.73. The Morgan fingerprint density at radius 2 is 1.90 bits per heavy atom. The Balaban J connectivity index is 1.64. The third kappa shape index (κ3) is 2.08. The van der Waals surface area contributed by atoms with Gasteiger partial charge in [0, 0.05) is 18.5 Å². The first-order chi connectivity index (χ1) is 10.1. The van der Waals surface area contributed by atoms with Crippen LogP contribution >= 0.6 is 0 Å². The topological polar surface area (TPSA) is 29.5 Å². The predicted molar refractivity (Wildman–Crippen MR) is 81.9 cm³/mol. The lowest BCUT2D eigenvalue weighted by Crippen LogP contribution is -2.50. The fourth-order valence-electron chi connectivity index (χ4n) is 5.23. The van der Waals surface area contributed by atoms with Crippen molar-refractivity contribution in [3.05, 3.63) is 11.3 Å². The van der Waals surface area contributed by atoms with Gasteiger partial charge in [0.2, 0.25) is 0 Å². The van der Waals surface area contributed by atoms with Crippen LogP contribution in [-0.4, -0.2) is 35.4 Å². The van der Waals surface area contributed by atoms with Crippen molar-refractivity contribution in [1.29, 1.82) is 0 Å². The zero-order chi connectivity index (χ0) is 14.6. The van der Waals surface area contributed by atoms with Crippen molar-refractivity contribution in [3.63, 3.8) is 0 Å². The third-order valence-corrected chi connectivity index (χ3v) is 6.53. The van der Waals surface area contributed by atoms with E-state index in [0.29, 0.717) is 30.2 Å². The van der Waals surface area contributed by atoms with Gasteiger partial charge in [-0.25, -0.2) is 0 Å². The molecule has 2 bridgehead atoms. The molecule has 3 heteroatoms. The quantitative estimate of drug-likeness (QED) is 0.740. The number of hydrogen-bond donors (Lipinski definition) is 0. The van der Waals surface area contributed by atoms with Crippen molar-refractivity contribution < 1.29 is 9.53 Å². The molecule has 1 aliphatic carbocycles. The van der Waals surface area contributed by atoms with E-state index in [2.05, 4.69) is 18.9 Å². The molecule has 0 spiro atoms. The summed E-state index contributed by atoms with van der Waals surface area (Å²) in [5.41, 5.74) is 0.797. The number of ether oxygens (including phenoxy) is 1. The maximum absolute atomic E-state index is 12.9. The average molecular weight is 289 g/mol. The maximum Gasteiger partial charge on any atom is 0.167 e. The molecule has 3 nitrogen and oxygen atoms in total. The van der Waals surface area contributed by atoms with E-state index in [-0.39, 0.29) is 5.60 Å². The minimum Gasteiger partial charge on any atom is -0.491 e. The van der Waals surface area contributed by atoms with Crippen LogP contribution in [0.4, 0.5) is 0 Å². The van der Waals surface area contributed by atoms with Crippen molar-refractivity contribution >= 4 is 5.78 Å². The first kappa shape index (κ1) is 13.8. The first-order valence-electron chi connectivity index (χ1n) is 8.76. The number of rotatable bonds is 1. The molecule has 1 unspecified atom stereocenters. The smallest absolute Gasteiger partial charge is 0.167 e. The fraction of sp³-hybridized carbons (Fsp3) is 0.833. The van der Waals surface area contributed by atoms with Gasteiger partial charge in [-0.2, -0.15) is 0 Å². The highest BCUT2D eigenvalue weighted by atomic mass is 16.5. The number of ketones is 1. The molecule has 21 heavy (non-hydrogen) atoms. The summed E-state index contributed by atoms with van der Waals surface area (Å²) in [6.45, 7) is 2.20. The molecule has 0 radical (unpaired) electrons. The Morgan fingerprint density at radius 1 is 1.14 bits per heavy atom. The van der Waals surface area contributed by atoms with Crippen molar-refractivity contribution in [1.82, 2.24) is 4.90 Å². The maximum atomic E-state index is 12.9. The number of likely N-dealkylation sites (N-methyl/N-ethyl adjacent to an activating group) is 1. The van der Waals surface area contributed by atoms with Crippen molar-refractivity contribution in [2.75, 3.05) is 7.05 Å². The van der Waals surface area contributed by atoms with Gasteiger partial charge < -0.3 is 4.74 Å². The van der Waals surface area contributed by atoms with Gasteiger partial charge >= 0.3 is 0 Å². The Morgan fingerprint density at radius 3 is 2.67 bits per heavy atom. The summed E-state index contributed by atoms with van der Waals surface area (Å²) in [5, 5.41) is 0. The molecule has 3 heterocycles. The molecule has 3 atom stereocenters. The Hall–Kier alpha value is -0.830. The summed E-state index contributed by atoms with van der Waals surface area (Å²) in [6, 6.07) is 0.928. The van der Waals surface area contributed by atoms with Gasteiger partial charge in [-0.05, 0) is 45.6 Å². The van der Waals surface area contributed by atoms with E-state index in [4.69, 9.17) is 4.74 Å². The lowest BCUT2D eigenvalue weighted by Gasteiger charge is -2.47. The summed E-state index contributed by atoms with van der Waals surface area (Å²) < 4.78 is 6.55. The molecular formula is C18H27NO2. The zero-order valence-corrected chi connectivity index (χ0v) is 13.4. The highest BCUT2D eigenvalue weighted by Gasteiger charge is 2.50. The molecule has 0 aromatic carbocycles. The number of nitrogens with zero attached hydrogens (tertiary/aromatic N) is 1. The summed E-state index contributed by atoms with van der Waals surface area (Å²) in [7, 11) is 2.17. The second-order valence-electron chi connectivity index (χ2n) is 7.80. The van der Waals surface area contributed by atoms with Crippen LogP contribution in [0.2, 0.25) is 0 Å². The molecule has 2 fully saturated rings. The number of carbonyl (C=O) groups excluding carboxylic acids is 1. The SMILES string of the molecule is CN1C2CC[C@@H]1CC1=C2C(=O)C[C@@](C)(C2CCCCC2)O1. The number of hydrogen-bond acceptors (Lipinski definition) is 3. The van der Waals surface area contributed by atoms with Crippen LogP contribution in [0, 0.1) is 5.92 Å². The third-order valence-electron chi connectivity index (χ3n) is 6.53. The largest absolute Gasteiger partial charge is 0.491 e. The Labute approximate surface area is 127 Å². The van der Waals surface area contributed by atoms with E-state index >= 15 is 0 Å². The van der Waals surface area contributed by atoms with Crippen LogP contribution in [0.3, 0.4) is 0 Å². The number of Topliss-reactive ketones (excluding diaryl/α,β-unsaturated/α-hetero) is 1. The highest BCUT2D eigenvalue weighted by Crippen LogP contribution is 2.48. The molecule has 1 saturated heterocycles. The Bertz CT molecular complexity index is 491. The molecule has 0 N–H and O–H groups in total. The van der Waals surface area contributed by atoms with Crippen LogP contribution in [-0.2, 0) is 9.53 Å². The van der Waals surface area contributed by atoms with E-state index in [1.54, 1.807) is 0 Å². The van der Waals surface area contributed by atoms with Crippen molar-refractivity contribution in [3.8, 4) is 0 Å². The van der Waals surface area contributed by atoms with E-state index in [1.807, 2.05) is 0 Å². The minimum atomic E-state index is -0.230. The monoisotopic (exact) mass is 289 g/mol. The summed E-state index contributed by atoms with van der Waals surface area (Å²) >= 11 is 0. The van der Waals surface area contributed by atoms with Crippen LogP contribution < -0.4 is 0 Å². The highest BCUT2D eigenvalue weighted by molar-refractivity contribution is 5.98. The van der Waals surface area contributed by atoms with Gasteiger partial charge in [0.05, 0.1) is 12.0 Å². The van der Waals surface area contributed by atoms with Crippen molar-refractivity contribution in [2.45, 2.75) is 82.4 Å². The van der Waals surface area contributed by atoms with Gasteiger partial charge in [-0.1, -0.05) is 19.3 Å². The molecule has 4 rings (SSSR count). The second kappa shape index (κ2) is 4.84.